The van der Waals surface area contributed by atoms with Gasteiger partial charge in [0, 0.05) is 18.5 Å². The van der Waals surface area contributed by atoms with Crippen molar-refractivity contribution in [1.82, 2.24) is 14.9 Å². The monoisotopic (exact) mass is 499 g/mol. The van der Waals surface area contributed by atoms with Crippen LogP contribution in [0.1, 0.15) is 29.3 Å². The van der Waals surface area contributed by atoms with Gasteiger partial charge in [0.15, 0.2) is 0 Å². The lowest BCUT2D eigenvalue weighted by Crippen LogP contribution is -2.57. The average Bonchev–Trinajstić information content (AvgIpc) is 2.83. The first-order valence-electron chi connectivity index (χ1n) is 10.9. The van der Waals surface area contributed by atoms with E-state index in [1.165, 1.54) is 48.8 Å². The van der Waals surface area contributed by atoms with E-state index in [1.54, 1.807) is 13.0 Å². The second kappa shape index (κ2) is 9.92. The number of hydrogen-bond acceptors (Lipinski definition) is 5. The van der Waals surface area contributed by atoms with E-state index in [0.717, 1.165) is 4.90 Å². The van der Waals surface area contributed by atoms with E-state index in [1.807, 2.05) is 6.07 Å². The number of nitrogens with zero attached hydrogens (tertiary/aromatic N) is 4. The molecule has 1 saturated heterocycles. The number of rotatable bonds is 5. The van der Waals surface area contributed by atoms with Crippen LogP contribution in [0.2, 0.25) is 5.02 Å². The van der Waals surface area contributed by atoms with Gasteiger partial charge in [-0.15, -0.1) is 0 Å². The maximum Gasteiger partial charge on any atom is 0.265 e. The minimum atomic E-state index is -3.08. The number of piperidine rings is 1. The molecule has 10 heteroatoms. The fourth-order valence-electron chi connectivity index (χ4n) is 4.31. The number of carbonyl (C=O) groups excluding carboxylic acids is 1. The standard InChI is InChI=1S/C25H21ClF3N5O/c1-15-9-25(28,29)14-34(22(15)13-33-24-31-11-18(26)12-32-24)23(35)21-8-16(10-30)2-7-20(21)17-3-5-19(27)6-4-17/h2-8,11-12,15,22H,9,13-14H2,1H3,(H,31,32,33)/t15-,22-/m1/s1. The summed E-state index contributed by atoms with van der Waals surface area (Å²) in [6.45, 7) is 1.02. The molecule has 0 unspecified atom stereocenters. The number of hydrogen-bond donors (Lipinski definition) is 1. The zero-order valence-corrected chi connectivity index (χ0v) is 19.4. The molecule has 0 saturated carbocycles. The Morgan fingerprint density at radius 1 is 1.23 bits per heavy atom. The maximum atomic E-state index is 14.6. The summed E-state index contributed by atoms with van der Waals surface area (Å²) < 4.78 is 42.7. The number of anilines is 1. The van der Waals surface area contributed by atoms with E-state index < -0.39 is 36.2 Å². The van der Waals surface area contributed by atoms with Crippen molar-refractivity contribution in [1.29, 1.82) is 5.26 Å². The fourth-order valence-corrected chi connectivity index (χ4v) is 4.40. The largest absolute Gasteiger partial charge is 0.352 e. The molecule has 4 rings (SSSR count). The Morgan fingerprint density at radius 2 is 1.91 bits per heavy atom. The van der Waals surface area contributed by atoms with Gasteiger partial charge in [-0.05, 0) is 41.3 Å². The molecule has 1 aliphatic heterocycles. The first-order valence-corrected chi connectivity index (χ1v) is 11.2. The lowest BCUT2D eigenvalue weighted by molar-refractivity contribution is -0.0897. The van der Waals surface area contributed by atoms with Crippen molar-refractivity contribution in [2.24, 2.45) is 5.92 Å². The summed E-state index contributed by atoms with van der Waals surface area (Å²) in [7, 11) is 0. The summed E-state index contributed by atoms with van der Waals surface area (Å²) >= 11 is 5.81. The van der Waals surface area contributed by atoms with Crippen LogP contribution in [0.5, 0.6) is 0 Å². The molecule has 1 aromatic heterocycles. The molecular weight excluding hydrogens is 479 g/mol. The Balaban J connectivity index is 1.70. The van der Waals surface area contributed by atoms with Crippen LogP contribution in [0.4, 0.5) is 19.1 Å². The highest BCUT2D eigenvalue weighted by Crippen LogP contribution is 2.36. The quantitative estimate of drug-likeness (QED) is 0.508. The van der Waals surface area contributed by atoms with E-state index >= 15 is 0 Å². The van der Waals surface area contributed by atoms with Crippen molar-refractivity contribution in [3.8, 4) is 17.2 Å². The molecule has 0 aliphatic carbocycles. The van der Waals surface area contributed by atoms with E-state index in [9.17, 15) is 23.2 Å². The summed E-state index contributed by atoms with van der Waals surface area (Å²) in [5.74, 6) is -4.46. The molecule has 2 heterocycles. The molecule has 2 aromatic carbocycles. The number of alkyl halides is 2. The first-order chi connectivity index (χ1) is 16.7. The molecule has 6 nitrogen and oxygen atoms in total. The fraction of sp³-hybridized carbons (Fsp3) is 0.280. The van der Waals surface area contributed by atoms with Gasteiger partial charge in [-0.1, -0.05) is 36.7 Å². The Morgan fingerprint density at radius 3 is 2.57 bits per heavy atom. The molecular formula is C25H21ClF3N5O. The lowest BCUT2D eigenvalue weighted by atomic mass is 9.87. The van der Waals surface area contributed by atoms with Crippen LogP contribution in [-0.4, -0.2) is 45.8 Å². The number of aromatic nitrogens is 2. The highest BCUT2D eigenvalue weighted by atomic mass is 35.5. The van der Waals surface area contributed by atoms with E-state index in [4.69, 9.17) is 11.6 Å². The molecule has 1 N–H and O–H groups in total. The first kappa shape index (κ1) is 24.5. The van der Waals surface area contributed by atoms with Crippen molar-refractivity contribution in [2.45, 2.75) is 25.3 Å². The minimum Gasteiger partial charge on any atom is -0.352 e. The molecule has 0 bridgehead atoms. The van der Waals surface area contributed by atoms with Crippen LogP contribution in [0.25, 0.3) is 11.1 Å². The van der Waals surface area contributed by atoms with Gasteiger partial charge in [0.25, 0.3) is 11.8 Å². The molecule has 2 atom stereocenters. The van der Waals surface area contributed by atoms with Gasteiger partial charge in [0.05, 0.1) is 41.6 Å². The van der Waals surface area contributed by atoms with Crippen molar-refractivity contribution in [3.63, 3.8) is 0 Å². The van der Waals surface area contributed by atoms with E-state index in [0.29, 0.717) is 16.1 Å². The molecule has 35 heavy (non-hydrogen) atoms. The highest BCUT2D eigenvalue weighted by Gasteiger charge is 2.46. The molecule has 1 fully saturated rings. The highest BCUT2D eigenvalue weighted by molar-refractivity contribution is 6.30. The Bertz CT molecular complexity index is 1260. The van der Waals surface area contributed by atoms with Crippen LogP contribution in [0.3, 0.4) is 0 Å². The van der Waals surface area contributed by atoms with Crippen LogP contribution < -0.4 is 5.32 Å². The maximum absolute atomic E-state index is 14.6. The van der Waals surface area contributed by atoms with Crippen LogP contribution in [0, 0.1) is 23.1 Å². The number of amides is 1. The predicted octanol–water partition coefficient (Wildman–Crippen LogP) is 5.41. The predicted molar refractivity (Wildman–Crippen MR) is 126 cm³/mol. The third kappa shape index (κ3) is 5.54. The van der Waals surface area contributed by atoms with Gasteiger partial charge >= 0.3 is 0 Å². The molecule has 180 valence electrons. The Kier molecular flexibility index (Phi) is 6.94. The van der Waals surface area contributed by atoms with Crippen molar-refractivity contribution >= 4 is 23.5 Å². The number of benzene rings is 2. The van der Waals surface area contributed by atoms with Gasteiger partial charge in [0.1, 0.15) is 5.82 Å². The molecule has 1 amide bonds. The smallest absolute Gasteiger partial charge is 0.265 e. The van der Waals surface area contributed by atoms with Gasteiger partial charge in [-0.2, -0.15) is 5.26 Å². The second-order valence-corrected chi connectivity index (χ2v) is 8.96. The van der Waals surface area contributed by atoms with Crippen molar-refractivity contribution in [2.75, 3.05) is 18.4 Å². The van der Waals surface area contributed by atoms with Gasteiger partial charge < -0.3 is 10.2 Å². The van der Waals surface area contributed by atoms with Gasteiger partial charge in [-0.25, -0.2) is 23.1 Å². The normalized spacial score (nSPS) is 19.1. The summed E-state index contributed by atoms with van der Waals surface area (Å²) in [5.41, 5.74) is 1.25. The number of nitriles is 1. The molecule has 0 radical (unpaired) electrons. The van der Waals surface area contributed by atoms with Crippen molar-refractivity contribution in [3.05, 3.63) is 76.8 Å². The van der Waals surface area contributed by atoms with Gasteiger partial charge in [0.2, 0.25) is 5.95 Å². The lowest BCUT2D eigenvalue weighted by Gasteiger charge is -2.43. The number of carbonyl (C=O) groups is 1. The van der Waals surface area contributed by atoms with Crippen LogP contribution in [-0.2, 0) is 0 Å². The third-order valence-electron chi connectivity index (χ3n) is 5.96. The summed E-state index contributed by atoms with van der Waals surface area (Å²) in [6, 6.07) is 11.3. The summed E-state index contributed by atoms with van der Waals surface area (Å²) in [5, 5.41) is 12.7. The number of likely N-dealkylation sites (tertiary alicyclic amines) is 1. The molecule has 0 spiro atoms. The SMILES string of the molecule is C[C@@H]1CC(F)(F)CN(C(=O)c2cc(C#N)ccc2-c2ccc(F)cc2)[C@@H]1CNc1ncc(Cl)cn1. The van der Waals surface area contributed by atoms with Crippen LogP contribution >= 0.6 is 11.6 Å². The topological polar surface area (TPSA) is 81.9 Å². The van der Waals surface area contributed by atoms with Crippen molar-refractivity contribution < 1.29 is 18.0 Å². The van der Waals surface area contributed by atoms with E-state index in [-0.39, 0.29) is 30.0 Å². The average molecular weight is 500 g/mol. The summed E-state index contributed by atoms with van der Waals surface area (Å²) in [4.78, 5) is 23.0. The van der Waals surface area contributed by atoms with Gasteiger partial charge in [-0.3, -0.25) is 4.79 Å². The number of halogens is 4. The van der Waals surface area contributed by atoms with E-state index in [2.05, 4.69) is 15.3 Å². The molecule has 3 aromatic rings. The second-order valence-electron chi connectivity index (χ2n) is 8.52. The zero-order chi connectivity index (χ0) is 25.2. The Labute approximate surface area is 205 Å². The zero-order valence-electron chi connectivity index (χ0n) is 18.7. The number of nitrogens with one attached hydrogen (secondary N) is 1. The third-order valence-corrected chi connectivity index (χ3v) is 6.16. The Hall–Kier alpha value is -3.64. The summed E-state index contributed by atoms with van der Waals surface area (Å²) in [6.07, 6.45) is 2.43. The minimum absolute atomic E-state index is 0.0910. The van der Waals surface area contributed by atoms with Crippen LogP contribution in [0.15, 0.2) is 54.9 Å². The molecule has 1 aliphatic rings.